The molecular formula is C35H55NO5S. The molecule has 0 spiro atoms. The van der Waals surface area contributed by atoms with Gasteiger partial charge in [0.05, 0.1) is 17.6 Å². The van der Waals surface area contributed by atoms with Crippen LogP contribution in [0.25, 0.3) is 0 Å². The highest BCUT2D eigenvalue weighted by Crippen LogP contribution is 2.69. The summed E-state index contributed by atoms with van der Waals surface area (Å²) in [6.45, 7) is 16.0. The number of ether oxygens (including phenoxy) is 1. The summed E-state index contributed by atoms with van der Waals surface area (Å²) in [5.41, 5.74) is 1.50. The molecule has 236 valence electrons. The van der Waals surface area contributed by atoms with Crippen molar-refractivity contribution in [1.82, 2.24) is 4.72 Å². The molecule has 10 atom stereocenters. The molecule has 4 fully saturated rings. The van der Waals surface area contributed by atoms with Crippen molar-refractivity contribution in [3.05, 3.63) is 29.8 Å². The van der Waals surface area contributed by atoms with Crippen LogP contribution in [0.2, 0.25) is 0 Å². The average molecular weight is 602 g/mol. The van der Waals surface area contributed by atoms with Gasteiger partial charge in [0.25, 0.3) is 10.0 Å². The molecule has 0 heterocycles. The van der Waals surface area contributed by atoms with Crippen LogP contribution < -0.4 is 4.72 Å². The summed E-state index contributed by atoms with van der Waals surface area (Å²) in [5, 5.41) is 10.5. The maximum Gasteiger partial charge on any atom is 0.421 e. The molecular weight excluding hydrogens is 546 g/mol. The molecule has 0 bridgehead atoms. The number of rotatable bonds is 6. The third-order valence-electron chi connectivity index (χ3n) is 12.8. The Morgan fingerprint density at radius 2 is 1.64 bits per heavy atom. The predicted molar refractivity (Wildman–Crippen MR) is 166 cm³/mol. The highest BCUT2D eigenvalue weighted by molar-refractivity contribution is 7.90. The summed E-state index contributed by atoms with van der Waals surface area (Å²) in [6, 6.07) is 6.67. The van der Waals surface area contributed by atoms with E-state index in [9.17, 15) is 18.3 Å². The quantitative estimate of drug-likeness (QED) is 0.349. The van der Waals surface area contributed by atoms with Gasteiger partial charge >= 0.3 is 6.09 Å². The Kier molecular flexibility index (Phi) is 8.63. The van der Waals surface area contributed by atoms with Crippen molar-refractivity contribution in [3.8, 4) is 0 Å². The van der Waals surface area contributed by atoms with Crippen LogP contribution >= 0.6 is 0 Å². The van der Waals surface area contributed by atoms with E-state index in [1.54, 1.807) is 24.3 Å². The van der Waals surface area contributed by atoms with Crippen LogP contribution in [0.15, 0.2) is 29.2 Å². The van der Waals surface area contributed by atoms with E-state index in [0.29, 0.717) is 29.1 Å². The van der Waals surface area contributed by atoms with Crippen LogP contribution in [0.4, 0.5) is 4.79 Å². The van der Waals surface area contributed by atoms with Crippen LogP contribution in [-0.4, -0.2) is 32.3 Å². The summed E-state index contributed by atoms with van der Waals surface area (Å²) in [7, 11) is -4.00. The molecule has 2 N–H and O–H groups in total. The second-order valence-electron chi connectivity index (χ2n) is 16.0. The van der Waals surface area contributed by atoms with Gasteiger partial charge in [-0.15, -0.1) is 0 Å². The molecule has 0 unspecified atom stereocenters. The lowest BCUT2D eigenvalue weighted by atomic mass is 9.42. The zero-order valence-corrected chi connectivity index (χ0v) is 27.8. The van der Waals surface area contributed by atoms with Gasteiger partial charge in [-0.05, 0) is 127 Å². The Balaban J connectivity index is 1.21. The van der Waals surface area contributed by atoms with E-state index in [1.807, 2.05) is 0 Å². The fourth-order valence-corrected chi connectivity index (χ4v) is 11.5. The molecule has 5 rings (SSSR count). The third kappa shape index (κ3) is 5.66. The zero-order valence-electron chi connectivity index (χ0n) is 27.0. The number of aliphatic hydroxyl groups excluding tert-OH is 1. The topological polar surface area (TPSA) is 92.7 Å². The maximum atomic E-state index is 12.8. The van der Waals surface area contributed by atoms with E-state index in [2.05, 4.69) is 53.2 Å². The molecule has 1 aromatic carbocycles. The predicted octanol–water partition coefficient (Wildman–Crippen LogP) is 7.69. The van der Waals surface area contributed by atoms with Crippen LogP contribution in [0, 0.1) is 52.3 Å². The number of sulfonamides is 1. The van der Waals surface area contributed by atoms with Crippen molar-refractivity contribution in [2.45, 2.75) is 123 Å². The molecule has 0 aromatic heterocycles. The van der Waals surface area contributed by atoms with E-state index in [-0.39, 0.29) is 34.4 Å². The first-order chi connectivity index (χ1) is 19.6. The van der Waals surface area contributed by atoms with Gasteiger partial charge in [-0.2, -0.15) is 0 Å². The minimum atomic E-state index is -4.00. The Morgan fingerprint density at radius 1 is 1.00 bits per heavy atom. The first-order valence-electron chi connectivity index (χ1n) is 16.6. The van der Waals surface area contributed by atoms with Gasteiger partial charge in [0.1, 0.15) is 0 Å². The number of benzene rings is 1. The normalized spacial score (nSPS) is 39.0. The first kappa shape index (κ1) is 31.8. The van der Waals surface area contributed by atoms with Crippen molar-refractivity contribution < 1.29 is 23.1 Å². The lowest BCUT2D eigenvalue weighted by molar-refractivity contribution is -0.153. The summed E-state index contributed by atoms with van der Waals surface area (Å²) in [6.07, 6.45) is 9.41. The first-order valence-corrected chi connectivity index (χ1v) is 18.1. The number of hydrogen-bond donors (Lipinski definition) is 2. The fraction of sp³-hybridized carbons (Fsp3) is 0.800. The van der Waals surface area contributed by atoms with Crippen molar-refractivity contribution in [2.75, 3.05) is 6.61 Å². The van der Waals surface area contributed by atoms with Gasteiger partial charge in [0.2, 0.25) is 0 Å². The fourth-order valence-electron chi connectivity index (χ4n) is 10.6. The molecule has 4 aliphatic rings. The van der Waals surface area contributed by atoms with E-state index in [1.165, 1.54) is 32.1 Å². The summed E-state index contributed by atoms with van der Waals surface area (Å²) < 4.78 is 33.4. The Morgan fingerprint density at radius 3 is 2.29 bits per heavy atom. The van der Waals surface area contributed by atoms with Gasteiger partial charge < -0.3 is 9.84 Å². The highest BCUT2D eigenvalue weighted by atomic mass is 32.2. The minimum absolute atomic E-state index is 0.0599. The average Bonchev–Trinajstić information content (AvgIpc) is 3.28. The van der Waals surface area contributed by atoms with Gasteiger partial charge in [0, 0.05) is 0 Å². The molecule has 0 radical (unpaired) electrons. The standard InChI is InChI=1S/C35H55NO5S/c1-8-23-19-27-29-14-13-28(34(29,6)18-16-30(27)35(7)17-15-25(37)20-31(23)35)22(2)21-41-32(38)36-42(39,40)26-11-9-24(10-12-26)33(3,4)5/h9-12,22-23,25,27-31,37H,8,13-21H2,1-7H3,(H,36,38)/t22-,23+,25-,27+,28-,29+,30+,31+,34-,35-/m1/s1. The van der Waals surface area contributed by atoms with Crippen molar-refractivity contribution in [1.29, 1.82) is 0 Å². The number of fused-ring (bicyclic) bond motifs is 5. The number of amides is 1. The number of carbonyl (C=O) groups excluding carboxylic acids is 1. The van der Waals surface area contributed by atoms with Crippen molar-refractivity contribution >= 4 is 16.1 Å². The maximum absolute atomic E-state index is 12.8. The molecule has 7 heteroatoms. The molecule has 4 aliphatic carbocycles. The van der Waals surface area contributed by atoms with Gasteiger partial charge in [-0.1, -0.05) is 67.0 Å². The largest absolute Gasteiger partial charge is 0.449 e. The number of aliphatic hydroxyl groups is 1. The lowest BCUT2D eigenvalue weighted by Crippen LogP contribution is -2.56. The SMILES string of the molecule is CC[C@H]1C[C@@H]2[C@H](CC[C@]3(C)[C@@H]([C@H](C)COC(=O)NS(=O)(=O)c4ccc(C(C)(C)C)cc4)CC[C@@H]23)[C@@]2(C)CC[C@@H](O)C[C@@H]12. The molecule has 0 saturated heterocycles. The molecule has 1 aromatic rings. The van der Waals surface area contributed by atoms with Crippen LogP contribution in [-0.2, 0) is 20.2 Å². The lowest BCUT2D eigenvalue weighted by Gasteiger charge is -2.63. The van der Waals surface area contributed by atoms with Crippen LogP contribution in [0.5, 0.6) is 0 Å². The van der Waals surface area contributed by atoms with Gasteiger partial charge in [-0.3, -0.25) is 0 Å². The Labute approximate surface area is 254 Å². The monoisotopic (exact) mass is 601 g/mol. The summed E-state index contributed by atoms with van der Waals surface area (Å²) in [5.74, 6) is 4.13. The van der Waals surface area contributed by atoms with E-state index >= 15 is 0 Å². The van der Waals surface area contributed by atoms with Gasteiger partial charge in [0.15, 0.2) is 0 Å². The number of nitrogens with one attached hydrogen (secondary N) is 1. The molecule has 4 saturated carbocycles. The van der Waals surface area contributed by atoms with E-state index < -0.39 is 16.1 Å². The van der Waals surface area contributed by atoms with Crippen molar-refractivity contribution in [2.24, 2.45) is 52.3 Å². The van der Waals surface area contributed by atoms with Crippen LogP contribution in [0.3, 0.4) is 0 Å². The minimum Gasteiger partial charge on any atom is -0.449 e. The summed E-state index contributed by atoms with van der Waals surface area (Å²) in [4.78, 5) is 12.7. The molecule has 42 heavy (non-hydrogen) atoms. The Bertz CT molecular complexity index is 1240. The third-order valence-corrected chi connectivity index (χ3v) is 14.2. The van der Waals surface area contributed by atoms with E-state index in [4.69, 9.17) is 4.74 Å². The number of carbonyl (C=O) groups is 1. The Hall–Kier alpha value is -1.60. The molecule has 6 nitrogen and oxygen atoms in total. The van der Waals surface area contributed by atoms with E-state index in [0.717, 1.165) is 43.1 Å². The van der Waals surface area contributed by atoms with Gasteiger partial charge in [-0.25, -0.2) is 17.9 Å². The highest BCUT2D eigenvalue weighted by Gasteiger charge is 2.62. The van der Waals surface area contributed by atoms with Crippen molar-refractivity contribution in [3.63, 3.8) is 0 Å². The molecule has 0 aliphatic heterocycles. The smallest absolute Gasteiger partial charge is 0.421 e. The summed E-state index contributed by atoms with van der Waals surface area (Å²) >= 11 is 0. The molecule has 1 amide bonds. The zero-order chi connectivity index (χ0) is 30.7. The number of hydrogen-bond acceptors (Lipinski definition) is 5. The van der Waals surface area contributed by atoms with Crippen LogP contribution in [0.1, 0.15) is 112 Å². The second kappa shape index (κ2) is 11.4. The second-order valence-corrected chi connectivity index (χ2v) is 17.7.